The molecule has 6 heteroatoms. The second-order valence-corrected chi connectivity index (χ2v) is 6.83. The lowest BCUT2D eigenvalue weighted by molar-refractivity contribution is -0.111. The molecule has 0 aliphatic heterocycles. The van der Waals surface area contributed by atoms with E-state index in [2.05, 4.69) is 33.7 Å². The van der Waals surface area contributed by atoms with Crippen molar-refractivity contribution in [1.29, 1.82) is 0 Å². The monoisotopic (exact) mass is 373 g/mol. The van der Waals surface area contributed by atoms with Crippen LogP contribution in [0.1, 0.15) is 4.88 Å². The van der Waals surface area contributed by atoms with Crippen LogP contribution in [0.5, 0.6) is 0 Å². The number of carbonyl (C=O) groups is 1. The second kappa shape index (κ2) is 7.80. The zero-order valence-corrected chi connectivity index (χ0v) is 15.0. The minimum Gasteiger partial charge on any atom is -0.423 e. The predicted octanol–water partition coefficient (Wildman–Crippen LogP) is 5.12. The van der Waals surface area contributed by atoms with Crippen molar-refractivity contribution in [3.63, 3.8) is 0 Å². The van der Waals surface area contributed by atoms with Crippen LogP contribution in [-0.4, -0.2) is 16.1 Å². The summed E-state index contributed by atoms with van der Waals surface area (Å²) in [6.45, 7) is 0. The molecule has 1 amide bonds. The zero-order chi connectivity index (χ0) is 18.5. The van der Waals surface area contributed by atoms with Crippen molar-refractivity contribution in [2.45, 2.75) is 0 Å². The standard InChI is InChI=1S/C21H15N3O2S/c25-20(23-17-8-6-16(7-9-17)21-24-22-14-26-21)13-11-18-10-12-19(27-18)15-4-2-1-3-5-15/h1-14H,(H,23,25)/b13-11+. The van der Waals surface area contributed by atoms with Gasteiger partial charge in [0.05, 0.1) is 0 Å². The summed E-state index contributed by atoms with van der Waals surface area (Å²) in [6.07, 6.45) is 4.63. The lowest BCUT2D eigenvalue weighted by atomic mass is 10.2. The van der Waals surface area contributed by atoms with Crippen molar-refractivity contribution in [3.05, 3.63) is 84.1 Å². The van der Waals surface area contributed by atoms with Crippen molar-refractivity contribution >= 4 is 29.0 Å². The van der Waals surface area contributed by atoms with E-state index in [4.69, 9.17) is 4.42 Å². The van der Waals surface area contributed by atoms with Crippen LogP contribution in [0.15, 0.2) is 83.6 Å². The normalized spacial score (nSPS) is 11.0. The maximum atomic E-state index is 12.1. The highest BCUT2D eigenvalue weighted by molar-refractivity contribution is 7.16. The van der Waals surface area contributed by atoms with Gasteiger partial charge in [0.2, 0.25) is 18.2 Å². The van der Waals surface area contributed by atoms with E-state index in [1.807, 2.05) is 42.5 Å². The Labute approximate surface area is 160 Å². The zero-order valence-electron chi connectivity index (χ0n) is 14.2. The number of carbonyl (C=O) groups excluding carboxylic acids is 1. The number of thiophene rings is 1. The summed E-state index contributed by atoms with van der Waals surface area (Å²) in [6, 6.07) is 21.5. The quantitative estimate of drug-likeness (QED) is 0.493. The van der Waals surface area contributed by atoms with Crippen molar-refractivity contribution in [1.82, 2.24) is 10.2 Å². The summed E-state index contributed by atoms with van der Waals surface area (Å²) in [7, 11) is 0. The Morgan fingerprint density at radius 1 is 0.963 bits per heavy atom. The van der Waals surface area contributed by atoms with Crippen LogP contribution >= 0.6 is 11.3 Å². The topological polar surface area (TPSA) is 68.0 Å². The molecule has 0 atom stereocenters. The van der Waals surface area contributed by atoms with Gasteiger partial charge in [-0.25, -0.2) is 0 Å². The van der Waals surface area contributed by atoms with Crippen LogP contribution in [0.3, 0.4) is 0 Å². The summed E-state index contributed by atoms with van der Waals surface area (Å²) in [5, 5.41) is 10.3. The van der Waals surface area contributed by atoms with Crippen LogP contribution in [0.4, 0.5) is 5.69 Å². The Hall–Kier alpha value is -3.51. The number of nitrogens with zero attached hydrogens (tertiary/aromatic N) is 2. The highest BCUT2D eigenvalue weighted by Crippen LogP contribution is 2.28. The number of benzene rings is 2. The maximum Gasteiger partial charge on any atom is 0.248 e. The number of aromatic nitrogens is 2. The predicted molar refractivity (Wildman–Crippen MR) is 107 cm³/mol. The van der Waals surface area contributed by atoms with Gasteiger partial charge in [0, 0.05) is 27.1 Å². The maximum absolute atomic E-state index is 12.1. The van der Waals surface area contributed by atoms with Crippen molar-refractivity contribution < 1.29 is 9.21 Å². The van der Waals surface area contributed by atoms with Gasteiger partial charge >= 0.3 is 0 Å². The third kappa shape index (κ3) is 4.19. The van der Waals surface area contributed by atoms with Gasteiger partial charge in [-0.2, -0.15) is 0 Å². The molecular formula is C21H15N3O2S. The molecule has 0 bridgehead atoms. The molecule has 0 aliphatic carbocycles. The summed E-state index contributed by atoms with van der Waals surface area (Å²) in [4.78, 5) is 14.3. The molecule has 132 valence electrons. The van der Waals surface area contributed by atoms with Crippen molar-refractivity contribution in [2.24, 2.45) is 0 Å². The van der Waals surface area contributed by atoms with Crippen LogP contribution in [0, 0.1) is 0 Å². The van der Waals surface area contributed by atoms with Gasteiger partial charge in [-0.05, 0) is 48.0 Å². The smallest absolute Gasteiger partial charge is 0.248 e. The molecule has 4 rings (SSSR count). The van der Waals surface area contributed by atoms with Crippen LogP contribution < -0.4 is 5.32 Å². The molecule has 2 heterocycles. The minimum atomic E-state index is -0.185. The summed E-state index contributed by atoms with van der Waals surface area (Å²) in [5.74, 6) is 0.259. The SMILES string of the molecule is O=C(/C=C/c1ccc(-c2ccccc2)s1)Nc1ccc(-c2nnco2)cc1. The number of anilines is 1. The number of hydrogen-bond donors (Lipinski definition) is 1. The van der Waals surface area contributed by atoms with Crippen LogP contribution in [0.2, 0.25) is 0 Å². The first-order valence-electron chi connectivity index (χ1n) is 8.29. The molecule has 2 aromatic carbocycles. The van der Waals surface area contributed by atoms with E-state index in [1.165, 1.54) is 22.9 Å². The molecule has 5 nitrogen and oxygen atoms in total. The van der Waals surface area contributed by atoms with Crippen LogP contribution in [0.25, 0.3) is 28.0 Å². The Morgan fingerprint density at radius 3 is 2.52 bits per heavy atom. The fraction of sp³-hybridized carbons (Fsp3) is 0. The fourth-order valence-electron chi connectivity index (χ4n) is 2.54. The van der Waals surface area contributed by atoms with Crippen LogP contribution in [-0.2, 0) is 4.79 Å². The number of amides is 1. The van der Waals surface area contributed by atoms with Gasteiger partial charge in [0.15, 0.2) is 0 Å². The van der Waals surface area contributed by atoms with E-state index < -0.39 is 0 Å². The first kappa shape index (κ1) is 16.9. The average Bonchev–Trinajstić information content (AvgIpc) is 3.40. The Balaban J connectivity index is 1.38. The van der Waals surface area contributed by atoms with E-state index in [0.29, 0.717) is 11.6 Å². The third-order valence-electron chi connectivity index (χ3n) is 3.84. The van der Waals surface area contributed by atoms with E-state index >= 15 is 0 Å². The van der Waals surface area contributed by atoms with Gasteiger partial charge in [-0.15, -0.1) is 21.5 Å². The first-order chi connectivity index (χ1) is 13.3. The highest BCUT2D eigenvalue weighted by Gasteiger charge is 2.05. The molecule has 2 aromatic heterocycles. The Bertz CT molecular complexity index is 1050. The van der Waals surface area contributed by atoms with Gasteiger partial charge in [0.25, 0.3) is 0 Å². The molecular weight excluding hydrogens is 358 g/mol. The summed E-state index contributed by atoms with van der Waals surface area (Å²) >= 11 is 1.64. The van der Waals surface area contributed by atoms with E-state index in [1.54, 1.807) is 23.5 Å². The van der Waals surface area contributed by atoms with Gasteiger partial charge in [-0.3, -0.25) is 4.79 Å². The Morgan fingerprint density at radius 2 is 1.78 bits per heavy atom. The molecule has 0 fully saturated rings. The number of hydrogen-bond acceptors (Lipinski definition) is 5. The fourth-order valence-corrected chi connectivity index (χ4v) is 3.45. The van der Waals surface area contributed by atoms with E-state index in [0.717, 1.165) is 10.4 Å². The van der Waals surface area contributed by atoms with E-state index in [9.17, 15) is 4.79 Å². The molecule has 0 unspecified atom stereocenters. The molecule has 0 aliphatic rings. The first-order valence-corrected chi connectivity index (χ1v) is 9.10. The van der Waals surface area contributed by atoms with Gasteiger partial charge in [0.1, 0.15) is 0 Å². The number of nitrogens with one attached hydrogen (secondary N) is 1. The number of rotatable bonds is 5. The molecule has 0 spiro atoms. The van der Waals surface area contributed by atoms with Gasteiger partial charge in [-0.1, -0.05) is 30.3 Å². The molecule has 4 aromatic rings. The lowest BCUT2D eigenvalue weighted by Crippen LogP contribution is -2.07. The molecule has 0 saturated carbocycles. The largest absolute Gasteiger partial charge is 0.423 e. The minimum absolute atomic E-state index is 0.185. The molecule has 1 N–H and O–H groups in total. The third-order valence-corrected chi connectivity index (χ3v) is 4.94. The summed E-state index contributed by atoms with van der Waals surface area (Å²) < 4.78 is 5.14. The van der Waals surface area contributed by atoms with Gasteiger partial charge < -0.3 is 9.73 Å². The molecule has 27 heavy (non-hydrogen) atoms. The van der Waals surface area contributed by atoms with Crippen molar-refractivity contribution in [2.75, 3.05) is 5.32 Å². The van der Waals surface area contributed by atoms with E-state index in [-0.39, 0.29) is 5.91 Å². The second-order valence-electron chi connectivity index (χ2n) is 5.71. The summed E-state index contributed by atoms with van der Waals surface area (Å²) in [5.41, 5.74) is 2.67. The lowest BCUT2D eigenvalue weighted by Gasteiger charge is -2.02. The average molecular weight is 373 g/mol. The Kier molecular flexibility index (Phi) is 4.89. The molecule has 0 saturated heterocycles. The van der Waals surface area contributed by atoms with Crippen molar-refractivity contribution in [3.8, 4) is 21.9 Å². The molecule has 0 radical (unpaired) electrons. The highest BCUT2D eigenvalue weighted by atomic mass is 32.1.